The van der Waals surface area contributed by atoms with Gasteiger partial charge in [-0.3, -0.25) is 9.47 Å². The van der Waals surface area contributed by atoms with Gasteiger partial charge in [-0.15, -0.1) is 26.3 Å². The highest BCUT2D eigenvalue weighted by atomic mass is 19.4. The summed E-state index contributed by atoms with van der Waals surface area (Å²) in [6.45, 7) is -2.34. The van der Waals surface area contributed by atoms with Gasteiger partial charge in [0.05, 0.1) is 24.5 Å². The van der Waals surface area contributed by atoms with Gasteiger partial charge in [-0.1, -0.05) is 0 Å². The maximum Gasteiger partial charge on any atom is 0.522 e. The Kier molecular flexibility index (Phi) is 6.99. The molecule has 0 fully saturated rings. The Morgan fingerprint density at radius 3 is 2.12 bits per heavy atom. The van der Waals surface area contributed by atoms with Crippen molar-refractivity contribution in [2.45, 2.75) is 19.1 Å². The van der Waals surface area contributed by atoms with E-state index in [4.69, 9.17) is 5.11 Å². The van der Waals surface area contributed by atoms with Crippen molar-refractivity contribution in [3.63, 3.8) is 0 Å². The lowest BCUT2D eigenvalue weighted by atomic mass is 10.0. The lowest BCUT2D eigenvalue weighted by Crippen LogP contribution is -2.21. The van der Waals surface area contributed by atoms with Crippen molar-refractivity contribution in [3.05, 3.63) is 29.1 Å². The van der Waals surface area contributed by atoms with E-state index in [1.807, 2.05) is 0 Å². The van der Waals surface area contributed by atoms with Crippen LogP contribution in [-0.4, -0.2) is 43.6 Å². The molecule has 5 nitrogen and oxygen atoms in total. The molecule has 0 saturated carbocycles. The summed E-state index contributed by atoms with van der Waals surface area (Å²) in [4.78, 5) is 11.1. The number of hydrogen-bond acceptors (Lipinski definition) is 4. The van der Waals surface area contributed by atoms with Crippen LogP contribution in [-0.2, 0) is 15.9 Å². The zero-order valence-electron chi connectivity index (χ0n) is 12.3. The molecule has 0 atom stereocenters. The smallest absolute Gasteiger partial charge is 0.478 e. The Balaban J connectivity index is 2.91. The predicted octanol–water partition coefficient (Wildman–Crippen LogP) is 3.55. The topological polar surface area (TPSA) is 67.8 Å². The summed E-state index contributed by atoms with van der Waals surface area (Å²) in [5.74, 6) is -2.65. The van der Waals surface area contributed by atoms with E-state index in [1.165, 1.54) is 0 Å². The molecule has 0 amide bonds. The van der Waals surface area contributed by atoms with Crippen molar-refractivity contribution < 1.29 is 50.1 Å². The Labute approximate surface area is 136 Å². The number of aromatic carboxylic acids is 1. The minimum Gasteiger partial charge on any atom is -0.478 e. The van der Waals surface area contributed by atoms with Crippen LogP contribution in [0.4, 0.5) is 36.4 Å². The number of carboxylic acid groups (broad SMARTS) is 1. The number of benzene rings is 1. The SMILES string of the molecule is O=C(O)c1cc(F)cc(CCOC(F)(F)F)c1NCCOC(F)(F)F. The maximum atomic E-state index is 13.4. The first kappa shape index (κ1) is 21.0. The average molecular weight is 379 g/mol. The van der Waals surface area contributed by atoms with Gasteiger partial charge in [0.25, 0.3) is 0 Å². The van der Waals surface area contributed by atoms with Gasteiger partial charge in [0.2, 0.25) is 0 Å². The van der Waals surface area contributed by atoms with Crippen LogP contribution in [0, 0.1) is 5.82 Å². The minimum absolute atomic E-state index is 0.200. The third kappa shape index (κ3) is 8.03. The first-order chi connectivity index (χ1) is 11.4. The molecule has 0 aliphatic rings. The van der Waals surface area contributed by atoms with Crippen LogP contribution in [0.15, 0.2) is 12.1 Å². The molecule has 1 aromatic rings. The summed E-state index contributed by atoms with van der Waals surface area (Å²) in [5, 5.41) is 11.3. The Morgan fingerprint density at radius 2 is 1.60 bits per heavy atom. The molecular formula is C13H12F7NO4. The summed E-state index contributed by atoms with van der Waals surface area (Å²) in [5.41, 5.74) is -1.16. The van der Waals surface area contributed by atoms with Gasteiger partial charge in [-0.2, -0.15) is 0 Å². The number of carbonyl (C=O) groups is 1. The van der Waals surface area contributed by atoms with Crippen molar-refractivity contribution >= 4 is 11.7 Å². The monoisotopic (exact) mass is 379 g/mol. The third-order valence-corrected chi connectivity index (χ3v) is 2.72. The molecule has 0 radical (unpaired) electrons. The Bertz CT molecular complexity index is 601. The fourth-order valence-corrected chi connectivity index (χ4v) is 1.86. The van der Waals surface area contributed by atoms with Crippen LogP contribution >= 0.6 is 0 Å². The van der Waals surface area contributed by atoms with Crippen LogP contribution in [0.5, 0.6) is 0 Å². The normalized spacial score (nSPS) is 12.3. The van der Waals surface area contributed by atoms with Gasteiger partial charge in [0.15, 0.2) is 0 Å². The van der Waals surface area contributed by atoms with Crippen molar-refractivity contribution in [2.75, 3.05) is 25.1 Å². The van der Waals surface area contributed by atoms with E-state index < -0.39 is 56.3 Å². The van der Waals surface area contributed by atoms with E-state index >= 15 is 0 Å². The molecule has 0 aromatic heterocycles. The van der Waals surface area contributed by atoms with Gasteiger partial charge in [-0.05, 0) is 24.1 Å². The maximum absolute atomic E-state index is 13.4. The van der Waals surface area contributed by atoms with Crippen LogP contribution in [0.1, 0.15) is 15.9 Å². The summed E-state index contributed by atoms with van der Waals surface area (Å²) in [6.07, 6.45) is -10.4. The average Bonchev–Trinajstić information content (AvgIpc) is 2.42. The van der Waals surface area contributed by atoms with Gasteiger partial charge < -0.3 is 10.4 Å². The molecule has 2 N–H and O–H groups in total. The molecule has 0 unspecified atom stereocenters. The van der Waals surface area contributed by atoms with Crippen molar-refractivity contribution in [3.8, 4) is 0 Å². The number of carboxylic acids is 1. The lowest BCUT2D eigenvalue weighted by Gasteiger charge is -2.16. The predicted molar refractivity (Wildman–Crippen MR) is 69.6 cm³/mol. The summed E-state index contributed by atoms with van der Waals surface area (Å²) >= 11 is 0. The van der Waals surface area contributed by atoms with E-state index in [2.05, 4.69) is 14.8 Å². The highest BCUT2D eigenvalue weighted by Gasteiger charge is 2.30. The van der Waals surface area contributed by atoms with Crippen LogP contribution in [0.3, 0.4) is 0 Å². The quantitative estimate of drug-likeness (QED) is 0.534. The summed E-state index contributed by atoms with van der Waals surface area (Å²) in [7, 11) is 0. The first-order valence-electron chi connectivity index (χ1n) is 6.60. The van der Waals surface area contributed by atoms with Crippen LogP contribution < -0.4 is 5.32 Å². The number of halogens is 7. The van der Waals surface area contributed by atoms with E-state index in [9.17, 15) is 35.5 Å². The molecule has 0 bridgehead atoms. The Morgan fingerprint density at radius 1 is 1.04 bits per heavy atom. The first-order valence-corrected chi connectivity index (χ1v) is 6.60. The second-order valence-electron chi connectivity index (χ2n) is 4.56. The lowest BCUT2D eigenvalue weighted by molar-refractivity contribution is -0.324. The molecule has 0 heterocycles. The van der Waals surface area contributed by atoms with E-state index in [0.29, 0.717) is 6.07 Å². The number of ether oxygens (including phenoxy) is 2. The minimum atomic E-state index is -4.93. The second kappa shape index (κ2) is 8.34. The van der Waals surface area contributed by atoms with Crippen molar-refractivity contribution in [2.24, 2.45) is 0 Å². The van der Waals surface area contributed by atoms with E-state index in [1.54, 1.807) is 0 Å². The molecule has 1 rings (SSSR count). The molecule has 0 aliphatic heterocycles. The fourth-order valence-electron chi connectivity index (χ4n) is 1.86. The molecular weight excluding hydrogens is 367 g/mol. The number of nitrogens with one attached hydrogen (secondary N) is 1. The van der Waals surface area contributed by atoms with Gasteiger partial charge >= 0.3 is 18.7 Å². The largest absolute Gasteiger partial charge is 0.522 e. The van der Waals surface area contributed by atoms with Gasteiger partial charge in [0.1, 0.15) is 5.82 Å². The van der Waals surface area contributed by atoms with Crippen LogP contribution in [0.2, 0.25) is 0 Å². The molecule has 25 heavy (non-hydrogen) atoms. The number of rotatable bonds is 8. The second-order valence-corrected chi connectivity index (χ2v) is 4.56. The highest BCUT2D eigenvalue weighted by Crippen LogP contribution is 2.25. The number of alkyl halides is 6. The fraction of sp³-hybridized carbons (Fsp3) is 0.462. The van der Waals surface area contributed by atoms with E-state index in [0.717, 1.165) is 6.07 Å². The van der Waals surface area contributed by atoms with Gasteiger partial charge in [0, 0.05) is 6.54 Å². The number of hydrogen-bond donors (Lipinski definition) is 2. The van der Waals surface area contributed by atoms with Gasteiger partial charge in [-0.25, -0.2) is 9.18 Å². The molecule has 0 aliphatic carbocycles. The Hall–Kier alpha value is -2.08. The standard InChI is InChI=1S/C13H12F7NO4/c14-8-5-7(1-3-24-12(15,16)17)10(9(6-8)11(22)23)21-2-4-25-13(18,19)20/h5-6,21H,1-4H2,(H,22,23). The molecule has 12 heteroatoms. The van der Waals surface area contributed by atoms with Crippen molar-refractivity contribution in [1.82, 2.24) is 0 Å². The summed E-state index contributed by atoms with van der Waals surface area (Å²) in [6, 6.07) is 1.35. The molecule has 142 valence electrons. The van der Waals surface area contributed by atoms with E-state index in [-0.39, 0.29) is 11.3 Å². The third-order valence-electron chi connectivity index (χ3n) is 2.72. The number of anilines is 1. The molecule has 0 saturated heterocycles. The van der Waals surface area contributed by atoms with Crippen LogP contribution in [0.25, 0.3) is 0 Å². The zero-order chi connectivity index (χ0) is 19.3. The van der Waals surface area contributed by atoms with Crippen molar-refractivity contribution in [1.29, 1.82) is 0 Å². The summed E-state index contributed by atoms with van der Waals surface area (Å²) < 4.78 is 92.0. The zero-order valence-corrected chi connectivity index (χ0v) is 12.3. The molecule has 1 aromatic carbocycles. The molecule has 0 spiro atoms. The highest BCUT2D eigenvalue weighted by molar-refractivity contribution is 5.95.